The Morgan fingerprint density at radius 2 is 1.68 bits per heavy atom. The molecule has 0 atom stereocenters. The Morgan fingerprint density at radius 1 is 1.00 bits per heavy atom. The molecule has 0 bridgehead atoms. The molecule has 100 valence electrons. The largest absolute Gasteiger partial charge is 0.280 e. The van der Waals surface area contributed by atoms with Gasteiger partial charge in [0.1, 0.15) is 0 Å². The fourth-order valence-corrected chi connectivity index (χ4v) is 2.92. The van der Waals surface area contributed by atoms with E-state index in [0.717, 1.165) is 18.2 Å². The van der Waals surface area contributed by atoms with Crippen molar-refractivity contribution in [3.05, 3.63) is 59.7 Å². The minimum absolute atomic E-state index is 0.0258. The molecule has 0 fully saturated rings. The molecule has 6 heteroatoms. The van der Waals surface area contributed by atoms with Gasteiger partial charge in [-0.3, -0.25) is 4.72 Å². The second-order valence-corrected chi connectivity index (χ2v) is 5.65. The Morgan fingerprint density at radius 3 is 2.32 bits per heavy atom. The molecule has 0 aliphatic heterocycles. The summed E-state index contributed by atoms with van der Waals surface area (Å²) >= 11 is 0. The van der Waals surface area contributed by atoms with Crippen LogP contribution in [0.5, 0.6) is 0 Å². The monoisotopic (exact) mass is 283 g/mol. The molecule has 0 amide bonds. The SMILES string of the molecule is Cc1ccccc1S(=O)(=O)Nc1ccc(F)c(F)c1. The second kappa shape index (κ2) is 4.97. The number of hydrogen-bond acceptors (Lipinski definition) is 2. The summed E-state index contributed by atoms with van der Waals surface area (Å²) < 4.78 is 52.2. The van der Waals surface area contributed by atoms with Gasteiger partial charge in [0.15, 0.2) is 11.6 Å². The van der Waals surface area contributed by atoms with E-state index in [-0.39, 0.29) is 10.6 Å². The van der Waals surface area contributed by atoms with Crippen molar-refractivity contribution in [1.82, 2.24) is 0 Å². The van der Waals surface area contributed by atoms with E-state index in [0.29, 0.717) is 5.56 Å². The van der Waals surface area contributed by atoms with Gasteiger partial charge in [-0.25, -0.2) is 17.2 Å². The molecule has 0 aliphatic rings. The first-order chi connectivity index (χ1) is 8.90. The van der Waals surface area contributed by atoms with Crippen molar-refractivity contribution in [2.75, 3.05) is 4.72 Å². The minimum atomic E-state index is -3.81. The Kier molecular flexibility index (Phi) is 3.53. The lowest BCUT2D eigenvalue weighted by Crippen LogP contribution is -2.14. The quantitative estimate of drug-likeness (QED) is 0.941. The summed E-state index contributed by atoms with van der Waals surface area (Å²) in [5.41, 5.74) is 0.541. The summed E-state index contributed by atoms with van der Waals surface area (Å²) in [7, 11) is -3.81. The molecule has 0 aliphatic carbocycles. The highest BCUT2D eigenvalue weighted by molar-refractivity contribution is 7.92. The fraction of sp³-hybridized carbons (Fsp3) is 0.0769. The van der Waals surface area contributed by atoms with Crippen LogP contribution >= 0.6 is 0 Å². The third-order valence-electron chi connectivity index (χ3n) is 2.55. The number of anilines is 1. The van der Waals surface area contributed by atoms with E-state index < -0.39 is 21.7 Å². The molecule has 2 rings (SSSR count). The van der Waals surface area contributed by atoms with Crippen molar-refractivity contribution in [1.29, 1.82) is 0 Å². The predicted octanol–water partition coefficient (Wildman–Crippen LogP) is 3.07. The molecule has 0 spiro atoms. The van der Waals surface area contributed by atoms with Crippen LogP contribution in [0.15, 0.2) is 47.4 Å². The number of sulfonamides is 1. The molecule has 1 N–H and O–H groups in total. The zero-order valence-electron chi connectivity index (χ0n) is 10.0. The maximum absolute atomic E-state index is 13.0. The van der Waals surface area contributed by atoms with E-state index in [2.05, 4.69) is 4.72 Å². The van der Waals surface area contributed by atoms with Gasteiger partial charge in [0.05, 0.1) is 10.6 Å². The average Bonchev–Trinajstić information content (AvgIpc) is 2.34. The van der Waals surface area contributed by atoms with E-state index in [1.165, 1.54) is 6.07 Å². The lowest BCUT2D eigenvalue weighted by molar-refractivity contribution is 0.509. The highest BCUT2D eigenvalue weighted by Crippen LogP contribution is 2.20. The number of hydrogen-bond donors (Lipinski definition) is 1. The molecule has 0 saturated heterocycles. The molecule has 0 radical (unpaired) electrons. The van der Waals surface area contributed by atoms with E-state index in [1.54, 1.807) is 25.1 Å². The Labute approximate surface area is 109 Å². The Bertz CT molecular complexity index is 714. The van der Waals surface area contributed by atoms with E-state index in [1.807, 2.05) is 0 Å². The van der Waals surface area contributed by atoms with Gasteiger partial charge in [-0.15, -0.1) is 0 Å². The zero-order valence-corrected chi connectivity index (χ0v) is 10.8. The normalized spacial score (nSPS) is 11.3. The third-order valence-corrected chi connectivity index (χ3v) is 4.10. The molecule has 19 heavy (non-hydrogen) atoms. The number of nitrogens with one attached hydrogen (secondary N) is 1. The van der Waals surface area contributed by atoms with Gasteiger partial charge in [-0.1, -0.05) is 18.2 Å². The first kappa shape index (κ1) is 13.5. The molecule has 0 unspecified atom stereocenters. The van der Waals surface area contributed by atoms with Gasteiger partial charge >= 0.3 is 0 Å². The minimum Gasteiger partial charge on any atom is -0.280 e. The molecule has 0 heterocycles. The molecular weight excluding hydrogens is 272 g/mol. The number of halogens is 2. The first-order valence-electron chi connectivity index (χ1n) is 5.43. The number of aryl methyl sites for hydroxylation is 1. The zero-order chi connectivity index (χ0) is 14.0. The summed E-state index contributed by atoms with van der Waals surface area (Å²) in [6, 6.07) is 9.22. The molecular formula is C13H11F2NO2S. The molecule has 2 aromatic rings. The van der Waals surface area contributed by atoms with Crippen molar-refractivity contribution < 1.29 is 17.2 Å². The fourth-order valence-electron chi connectivity index (χ4n) is 1.63. The van der Waals surface area contributed by atoms with Gasteiger partial charge in [-0.2, -0.15) is 0 Å². The van der Waals surface area contributed by atoms with Crippen molar-refractivity contribution in [3.8, 4) is 0 Å². The van der Waals surface area contributed by atoms with Crippen LogP contribution < -0.4 is 4.72 Å². The van der Waals surface area contributed by atoms with Crippen LogP contribution in [-0.2, 0) is 10.0 Å². The highest BCUT2D eigenvalue weighted by atomic mass is 32.2. The summed E-state index contributed by atoms with van der Waals surface area (Å²) in [6.45, 7) is 1.65. The second-order valence-electron chi connectivity index (χ2n) is 4.00. The highest BCUT2D eigenvalue weighted by Gasteiger charge is 2.16. The average molecular weight is 283 g/mol. The lowest BCUT2D eigenvalue weighted by Gasteiger charge is -2.10. The van der Waals surface area contributed by atoms with Crippen molar-refractivity contribution in [2.24, 2.45) is 0 Å². The molecule has 3 nitrogen and oxygen atoms in total. The van der Waals surface area contributed by atoms with Crippen LogP contribution in [-0.4, -0.2) is 8.42 Å². The van der Waals surface area contributed by atoms with Crippen LogP contribution in [0.25, 0.3) is 0 Å². The maximum Gasteiger partial charge on any atom is 0.262 e. The standard InChI is InChI=1S/C13H11F2NO2S/c1-9-4-2-3-5-13(9)19(17,18)16-10-6-7-11(14)12(15)8-10/h2-8,16H,1H3. The summed E-state index contributed by atoms with van der Waals surface area (Å²) in [6.07, 6.45) is 0. The van der Waals surface area contributed by atoms with Crippen molar-refractivity contribution in [2.45, 2.75) is 11.8 Å². The van der Waals surface area contributed by atoms with Crippen LogP contribution in [0.3, 0.4) is 0 Å². The lowest BCUT2D eigenvalue weighted by atomic mass is 10.2. The summed E-state index contributed by atoms with van der Waals surface area (Å²) in [5, 5.41) is 0. The maximum atomic E-state index is 13.0. The third kappa shape index (κ3) is 2.90. The Hall–Kier alpha value is -1.95. The van der Waals surface area contributed by atoms with Gasteiger partial charge in [0.2, 0.25) is 0 Å². The van der Waals surface area contributed by atoms with E-state index in [4.69, 9.17) is 0 Å². The van der Waals surface area contributed by atoms with Crippen LogP contribution in [0.4, 0.5) is 14.5 Å². The Balaban J connectivity index is 2.37. The van der Waals surface area contributed by atoms with Gasteiger partial charge < -0.3 is 0 Å². The molecule has 2 aromatic carbocycles. The number of benzene rings is 2. The molecule has 0 aromatic heterocycles. The molecule has 0 saturated carbocycles. The van der Waals surface area contributed by atoms with Gasteiger partial charge in [0, 0.05) is 6.07 Å². The number of rotatable bonds is 3. The van der Waals surface area contributed by atoms with Crippen LogP contribution in [0.1, 0.15) is 5.56 Å². The van der Waals surface area contributed by atoms with E-state index in [9.17, 15) is 17.2 Å². The van der Waals surface area contributed by atoms with Gasteiger partial charge in [0.25, 0.3) is 10.0 Å². The first-order valence-corrected chi connectivity index (χ1v) is 6.92. The van der Waals surface area contributed by atoms with Crippen LogP contribution in [0, 0.1) is 18.6 Å². The summed E-state index contributed by atoms with van der Waals surface area (Å²) in [4.78, 5) is 0.0970. The smallest absolute Gasteiger partial charge is 0.262 e. The van der Waals surface area contributed by atoms with E-state index >= 15 is 0 Å². The predicted molar refractivity (Wildman–Crippen MR) is 68.3 cm³/mol. The summed E-state index contributed by atoms with van der Waals surface area (Å²) in [5.74, 6) is -2.14. The van der Waals surface area contributed by atoms with Crippen molar-refractivity contribution in [3.63, 3.8) is 0 Å². The van der Waals surface area contributed by atoms with Gasteiger partial charge in [-0.05, 0) is 30.7 Å². The topological polar surface area (TPSA) is 46.2 Å². The van der Waals surface area contributed by atoms with Crippen molar-refractivity contribution >= 4 is 15.7 Å². The van der Waals surface area contributed by atoms with Crippen LogP contribution in [0.2, 0.25) is 0 Å².